The molecule has 1 saturated carbocycles. The molecule has 0 amide bonds. The Bertz CT molecular complexity index is 104. The van der Waals surface area contributed by atoms with E-state index in [0.717, 1.165) is 0 Å². The van der Waals surface area contributed by atoms with Crippen LogP contribution in [0.15, 0.2) is 0 Å². The predicted octanol–water partition coefficient (Wildman–Crippen LogP) is 2.58. The van der Waals surface area contributed by atoms with Crippen molar-refractivity contribution in [3.8, 4) is 0 Å². The molecule has 0 spiro atoms. The van der Waals surface area contributed by atoms with Crippen molar-refractivity contribution in [2.75, 3.05) is 21.3 Å². The molecule has 0 unspecified atom stereocenters. The molecule has 16 heavy (non-hydrogen) atoms. The average molecular weight is 288 g/mol. The van der Waals surface area contributed by atoms with Crippen molar-refractivity contribution in [1.29, 1.82) is 0 Å². The maximum Gasteiger partial charge on any atom is 2.00 e. The van der Waals surface area contributed by atoms with Crippen LogP contribution in [-0.2, 0) is 35.3 Å². The van der Waals surface area contributed by atoms with Gasteiger partial charge in [0, 0.05) is 21.3 Å². The average Bonchev–Trinajstić information content (AvgIpc) is 2.82. The number of hydrogen-bond donors (Lipinski definition) is 0. The van der Waals surface area contributed by atoms with Crippen LogP contribution in [0.4, 0.5) is 0 Å². The van der Waals surface area contributed by atoms with Gasteiger partial charge in [0.1, 0.15) is 0 Å². The van der Waals surface area contributed by atoms with Gasteiger partial charge in [-0.15, -0.1) is 0 Å². The summed E-state index contributed by atoms with van der Waals surface area (Å²) in [7, 11) is 3.57. The molecular weight excluding hydrogens is 271 g/mol. The third kappa shape index (κ3) is 20.0. The van der Waals surface area contributed by atoms with Gasteiger partial charge in [0.2, 0.25) is 0 Å². The second kappa shape index (κ2) is 24.7. The summed E-state index contributed by atoms with van der Waals surface area (Å²) in [5.41, 5.74) is 0. The normalized spacial score (nSPS) is 12.1. The van der Waals surface area contributed by atoms with Crippen LogP contribution in [0.2, 0.25) is 0 Å². The Morgan fingerprint density at radius 2 is 1.00 bits per heavy atom. The minimum atomic E-state index is -1.05. The first-order valence-corrected chi connectivity index (χ1v) is 4.74. The molecular formula is C10H17FeO4P+. The van der Waals surface area contributed by atoms with E-state index < -0.39 is 8.60 Å². The summed E-state index contributed by atoms with van der Waals surface area (Å²) in [5, 5.41) is 0. The Morgan fingerprint density at radius 3 is 1.06 bits per heavy atom. The standard InChI is InChI=1S/C5H5.C3H9O3P.CO.CH3.Fe/c1-2-4-5-3-1;1-4-7(5-2)6-3;1-2;;/h1-5H;1-3H3;;1H3;/q;;;-1;+2. The SMILES string of the molecule is COP(OC)OC.[C-]#[O+].[CH3-].[CH]1[CH][CH][CH][CH]1.[Fe+2]. The maximum absolute atomic E-state index is 7.50. The molecule has 6 heteroatoms. The van der Waals surface area contributed by atoms with Crippen LogP contribution in [0, 0.1) is 46.2 Å². The Morgan fingerprint density at radius 1 is 0.812 bits per heavy atom. The van der Waals surface area contributed by atoms with E-state index in [2.05, 4.69) is 20.2 Å². The van der Waals surface area contributed by atoms with Crippen molar-refractivity contribution in [2.24, 2.45) is 0 Å². The topological polar surface area (TPSA) is 47.6 Å². The van der Waals surface area contributed by atoms with Crippen molar-refractivity contribution < 1.29 is 35.3 Å². The Kier molecular flexibility index (Phi) is 39.2. The summed E-state index contributed by atoms with van der Waals surface area (Å²) in [5.74, 6) is 0. The van der Waals surface area contributed by atoms with Crippen LogP contribution in [0.25, 0.3) is 0 Å². The van der Waals surface area contributed by atoms with E-state index in [1.54, 1.807) is 21.3 Å². The van der Waals surface area contributed by atoms with E-state index in [4.69, 9.17) is 4.65 Å². The largest absolute Gasteiger partial charge is 2.00 e. The fraction of sp³-hybridized carbons (Fsp3) is 0.300. The smallest absolute Gasteiger partial charge is 0.358 e. The van der Waals surface area contributed by atoms with E-state index in [0.29, 0.717) is 0 Å². The maximum atomic E-state index is 7.50. The first-order valence-electron chi connectivity index (χ1n) is 3.64. The van der Waals surface area contributed by atoms with Crippen LogP contribution >= 0.6 is 8.60 Å². The number of rotatable bonds is 3. The summed E-state index contributed by atoms with van der Waals surface area (Å²) in [4.78, 5) is 0. The van der Waals surface area contributed by atoms with Gasteiger partial charge in [-0.25, -0.2) is 0 Å². The zero-order chi connectivity index (χ0) is 11.2. The van der Waals surface area contributed by atoms with E-state index >= 15 is 0 Å². The van der Waals surface area contributed by atoms with Gasteiger partial charge in [0.15, 0.2) is 0 Å². The minimum Gasteiger partial charge on any atom is -0.358 e. The van der Waals surface area contributed by atoms with Gasteiger partial charge in [-0.1, -0.05) is 0 Å². The van der Waals surface area contributed by atoms with E-state index in [1.807, 2.05) is 32.1 Å². The van der Waals surface area contributed by atoms with Crippen LogP contribution in [-0.4, -0.2) is 21.3 Å². The first kappa shape index (κ1) is 25.4. The fourth-order valence-electron chi connectivity index (χ4n) is 0.544. The monoisotopic (exact) mass is 288 g/mol. The second-order valence-electron chi connectivity index (χ2n) is 1.73. The summed E-state index contributed by atoms with van der Waals surface area (Å²) < 4.78 is 21.5. The van der Waals surface area contributed by atoms with Crippen molar-refractivity contribution >= 4 is 8.60 Å². The molecule has 5 radical (unpaired) electrons. The summed E-state index contributed by atoms with van der Waals surface area (Å²) in [6.45, 7) is 4.50. The third-order valence-electron chi connectivity index (χ3n) is 1.00. The quantitative estimate of drug-likeness (QED) is 0.347. The van der Waals surface area contributed by atoms with Gasteiger partial charge in [-0.05, 0) is 32.1 Å². The zero-order valence-electron chi connectivity index (χ0n) is 9.82. The predicted molar refractivity (Wildman–Crippen MR) is 59.8 cm³/mol. The summed E-state index contributed by atoms with van der Waals surface area (Å²) in [6, 6.07) is 0. The molecule has 0 saturated heterocycles. The first-order chi connectivity index (χ1) is 6.85. The zero-order valence-corrected chi connectivity index (χ0v) is 11.8. The molecule has 0 aromatic carbocycles. The van der Waals surface area contributed by atoms with Crippen LogP contribution in [0.5, 0.6) is 0 Å². The molecule has 0 aromatic rings. The van der Waals surface area contributed by atoms with E-state index in [1.165, 1.54) is 0 Å². The van der Waals surface area contributed by atoms with E-state index in [9.17, 15) is 0 Å². The van der Waals surface area contributed by atoms with Gasteiger partial charge < -0.3 is 21.0 Å². The molecule has 1 aliphatic rings. The van der Waals surface area contributed by atoms with Crippen LogP contribution < -0.4 is 0 Å². The van der Waals surface area contributed by atoms with Crippen molar-refractivity contribution in [3.63, 3.8) is 0 Å². The fourth-order valence-corrected chi connectivity index (χ4v) is 0.992. The Labute approximate surface area is 112 Å². The van der Waals surface area contributed by atoms with Gasteiger partial charge in [-0.3, -0.25) is 0 Å². The molecule has 0 aromatic heterocycles. The second-order valence-corrected chi connectivity index (χ2v) is 3.28. The van der Waals surface area contributed by atoms with Gasteiger partial charge in [0.25, 0.3) is 0 Å². The molecule has 0 N–H and O–H groups in total. The molecule has 4 nitrogen and oxygen atoms in total. The molecule has 0 heterocycles. The van der Waals surface area contributed by atoms with E-state index in [-0.39, 0.29) is 24.5 Å². The number of hydrogen-bond acceptors (Lipinski definition) is 3. The molecule has 1 rings (SSSR count). The molecule has 0 aliphatic heterocycles. The van der Waals surface area contributed by atoms with Crippen LogP contribution in [0.3, 0.4) is 0 Å². The minimum absolute atomic E-state index is 0. The summed E-state index contributed by atoms with van der Waals surface area (Å²) >= 11 is 0. The van der Waals surface area contributed by atoms with Crippen LogP contribution in [0.1, 0.15) is 0 Å². The molecule has 93 valence electrons. The third-order valence-corrected chi connectivity index (χ3v) is 1.90. The van der Waals surface area contributed by atoms with Gasteiger partial charge in [0.05, 0.1) is 0 Å². The molecule has 0 bridgehead atoms. The van der Waals surface area contributed by atoms with Crippen molar-refractivity contribution in [1.82, 2.24) is 0 Å². The Balaban J connectivity index is -0.0000000716. The molecule has 0 atom stereocenters. The van der Waals surface area contributed by atoms with Gasteiger partial charge >= 0.3 is 37.0 Å². The Hall–Kier alpha value is 0.569. The van der Waals surface area contributed by atoms with Crippen molar-refractivity contribution in [3.05, 3.63) is 46.2 Å². The van der Waals surface area contributed by atoms with Crippen molar-refractivity contribution in [2.45, 2.75) is 0 Å². The summed E-state index contributed by atoms with van der Waals surface area (Å²) in [6.07, 6.45) is 10.0. The van der Waals surface area contributed by atoms with Gasteiger partial charge in [-0.2, -0.15) is 0 Å². The molecule has 1 aliphatic carbocycles. The molecule has 1 fully saturated rings.